The summed E-state index contributed by atoms with van der Waals surface area (Å²) in [5.41, 5.74) is 0. The van der Waals surface area contributed by atoms with Crippen molar-refractivity contribution in [3.63, 3.8) is 0 Å². The third-order valence-corrected chi connectivity index (χ3v) is 2.04. The van der Waals surface area contributed by atoms with Gasteiger partial charge in [-0.15, -0.1) is 11.3 Å². The zero-order valence-electron chi connectivity index (χ0n) is 5.63. The lowest BCUT2D eigenvalue weighted by molar-refractivity contribution is 0.564. The van der Waals surface area contributed by atoms with Crippen LogP contribution in [-0.4, -0.2) is 6.29 Å². The molecule has 0 aliphatic heterocycles. The van der Waals surface area contributed by atoms with E-state index < -0.39 is 0 Å². The summed E-state index contributed by atoms with van der Waals surface area (Å²) >= 11 is 1.66. The average Bonchev–Trinajstić information content (AvgIpc) is 2.31. The van der Waals surface area contributed by atoms with Crippen LogP contribution >= 0.6 is 11.3 Å². The predicted octanol–water partition coefficient (Wildman–Crippen LogP) is 2.18. The lowest BCUT2D eigenvalue weighted by atomic mass is 10.4. The Bertz CT molecular complexity index is 248. The average molecular weight is 151 g/mol. The first-order valence-electron chi connectivity index (χ1n) is 2.93. The van der Waals surface area contributed by atoms with E-state index >= 15 is 0 Å². The Kier molecular flexibility index (Phi) is 2.40. The maximum absolute atomic E-state index is 9.78. The summed E-state index contributed by atoms with van der Waals surface area (Å²) in [5.74, 6) is 0. The Hall–Kier alpha value is -0.890. The van der Waals surface area contributed by atoms with Crippen molar-refractivity contribution >= 4 is 23.7 Å². The Morgan fingerprint density at radius 1 is 1.60 bits per heavy atom. The van der Waals surface area contributed by atoms with Gasteiger partial charge in [-0.3, -0.25) is 4.79 Å². The van der Waals surface area contributed by atoms with Crippen LogP contribution in [0.3, 0.4) is 0 Å². The minimum atomic E-state index is 1.10. The van der Waals surface area contributed by atoms with Crippen LogP contribution in [0.1, 0.15) is 9.75 Å². The molecule has 1 rings (SSSR count). The number of rotatable bonds is 2. The number of hydrogen-bond acceptors (Lipinski definition) is 2. The van der Waals surface area contributed by atoms with Crippen molar-refractivity contribution in [2.24, 2.45) is 0 Å². The van der Waals surface area contributed by atoms with Gasteiger partial charge in [-0.2, -0.15) is 0 Å². The molecule has 2 heteroatoms. The van der Waals surface area contributed by atoms with Crippen molar-refractivity contribution in [1.29, 1.82) is 0 Å². The molecule has 0 aromatic carbocycles. The molecular formula is C8H7OS. The smallest absolute Gasteiger partial charge is 0.225 e. The largest absolute Gasteiger partial charge is 0.286 e. The topological polar surface area (TPSA) is 17.1 Å². The molecule has 1 aromatic heterocycles. The van der Waals surface area contributed by atoms with E-state index in [2.05, 4.69) is 0 Å². The summed E-state index contributed by atoms with van der Waals surface area (Å²) in [6, 6.07) is 4.00. The highest BCUT2D eigenvalue weighted by molar-refractivity contribution is 7.12. The number of allylic oxidation sites excluding steroid dienone is 1. The highest BCUT2D eigenvalue weighted by atomic mass is 32.1. The molecule has 10 heavy (non-hydrogen) atoms. The van der Waals surface area contributed by atoms with Crippen molar-refractivity contribution < 1.29 is 4.79 Å². The number of thiophene rings is 1. The molecule has 0 aliphatic rings. The molecule has 1 radical (unpaired) electrons. The van der Waals surface area contributed by atoms with Crippen LogP contribution in [-0.2, 0) is 4.79 Å². The fourth-order valence-corrected chi connectivity index (χ4v) is 1.44. The van der Waals surface area contributed by atoms with Crippen molar-refractivity contribution in [2.75, 3.05) is 0 Å². The molecule has 0 fully saturated rings. The Morgan fingerprint density at radius 2 is 2.40 bits per heavy atom. The van der Waals surface area contributed by atoms with Gasteiger partial charge in [0.25, 0.3) is 0 Å². The molecule has 0 spiro atoms. The van der Waals surface area contributed by atoms with E-state index in [-0.39, 0.29) is 0 Å². The summed E-state index contributed by atoms with van der Waals surface area (Å²) in [7, 11) is 0. The Morgan fingerprint density at radius 3 is 2.90 bits per heavy atom. The molecule has 0 bridgehead atoms. The van der Waals surface area contributed by atoms with E-state index in [1.807, 2.05) is 19.1 Å². The maximum atomic E-state index is 9.78. The van der Waals surface area contributed by atoms with Gasteiger partial charge in [-0.1, -0.05) is 0 Å². The molecule has 0 saturated heterocycles. The normalized spacial score (nSPS) is 10.5. The summed E-state index contributed by atoms with van der Waals surface area (Å²) in [5, 5.41) is 0. The third kappa shape index (κ3) is 1.81. The monoisotopic (exact) mass is 151 g/mol. The van der Waals surface area contributed by atoms with Gasteiger partial charge in [0, 0.05) is 9.75 Å². The van der Waals surface area contributed by atoms with Gasteiger partial charge >= 0.3 is 0 Å². The number of hydrogen-bond donors (Lipinski definition) is 0. The van der Waals surface area contributed by atoms with E-state index in [0.29, 0.717) is 0 Å². The van der Waals surface area contributed by atoms with Crippen molar-refractivity contribution in [2.45, 2.75) is 6.92 Å². The predicted molar refractivity (Wildman–Crippen MR) is 43.8 cm³/mol. The van der Waals surface area contributed by atoms with Crippen LogP contribution < -0.4 is 0 Å². The zero-order valence-corrected chi connectivity index (χ0v) is 6.44. The highest BCUT2D eigenvalue weighted by Crippen LogP contribution is 2.15. The van der Waals surface area contributed by atoms with Crippen LogP contribution in [0.25, 0.3) is 6.08 Å². The van der Waals surface area contributed by atoms with Crippen LogP contribution in [0.5, 0.6) is 0 Å². The first kappa shape index (κ1) is 7.22. The molecule has 1 aromatic rings. The standard InChI is InChI=1S/C8H7OS/c1-7-4-5-8(10-7)3-2-6-9/h2-5H,1H3. The zero-order chi connectivity index (χ0) is 7.40. The van der Waals surface area contributed by atoms with E-state index in [1.165, 1.54) is 11.0 Å². The summed E-state index contributed by atoms with van der Waals surface area (Å²) in [6.45, 7) is 2.03. The molecular weight excluding hydrogens is 144 g/mol. The molecule has 0 saturated carbocycles. The van der Waals surface area contributed by atoms with Crippen LogP contribution in [0.15, 0.2) is 18.2 Å². The number of carbonyl (C=O) groups excluding carboxylic acids is 1. The molecule has 0 amide bonds. The Balaban J connectivity index is 2.75. The Labute approximate surface area is 64.0 Å². The summed E-state index contributed by atoms with van der Waals surface area (Å²) in [6.07, 6.45) is 4.84. The van der Waals surface area contributed by atoms with Crippen LogP contribution in [0.2, 0.25) is 0 Å². The second-order valence-corrected chi connectivity index (χ2v) is 3.22. The van der Waals surface area contributed by atoms with E-state index in [0.717, 1.165) is 4.88 Å². The maximum Gasteiger partial charge on any atom is 0.225 e. The van der Waals surface area contributed by atoms with Crippen molar-refractivity contribution in [3.05, 3.63) is 28.0 Å². The van der Waals surface area contributed by atoms with E-state index in [1.54, 1.807) is 23.7 Å². The highest BCUT2D eigenvalue weighted by Gasteiger charge is 1.88. The minimum absolute atomic E-state index is 1.10. The molecule has 0 atom stereocenters. The quantitative estimate of drug-likeness (QED) is 0.592. The van der Waals surface area contributed by atoms with Crippen molar-refractivity contribution in [1.82, 2.24) is 0 Å². The first-order valence-corrected chi connectivity index (χ1v) is 3.75. The van der Waals surface area contributed by atoms with Gasteiger partial charge in [0.15, 0.2) is 0 Å². The van der Waals surface area contributed by atoms with Gasteiger partial charge in [-0.05, 0) is 31.2 Å². The SMILES string of the molecule is Cc1ccc(C=C[C]=O)s1. The summed E-state index contributed by atoms with van der Waals surface area (Å²) < 4.78 is 0. The van der Waals surface area contributed by atoms with Gasteiger partial charge in [0.05, 0.1) is 0 Å². The second-order valence-electron chi connectivity index (χ2n) is 1.90. The molecule has 0 N–H and O–H groups in total. The summed E-state index contributed by atoms with van der Waals surface area (Å²) in [4.78, 5) is 12.1. The molecule has 1 nitrogen and oxygen atoms in total. The lowest BCUT2D eigenvalue weighted by Gasteiger charge is -1.76. The van der Waals surface area contributed by atoms with Gasteiger partial charge < -0.3 is 0 Å². The molecule has 0 aliphatic carbocycles. The van der Waals surface area contributed by atoms with E-state index in [4.69, 9.17) is 0 Å². The molecule has 0 unspecified atom stereocenters. The fourth-order valence-electron chi connectivity index (χ4n) is 0.659. The molecule has 51 valence electrons. The van der Waals surface area contributed by atoms with Crippen molar-refractivity contribution in [3.8, 4) is 0 Å². The lowest BCUT2D eigenvalue weighted by Crippen LogP contribution is -1.58. The minimum Gasteiger partial charge on any atom is -0.286 e. The van der Waals surface area contributed by atoms with E-state index in [9.17, 15) is 4.79 Å². The van der Waals surface area contributed by atoms with Gasteiger partial charge in [-0.25, -0.2) is 0 Å². The number of aryl methyl sites for hydroxylation is 1. The fraction of sp³-hybridized carbons (Fsp3) is 0.125. The van der Waals surface area contributed by atoms with Gasteiger partial charge in [0.2, 0.25) is 6.29 Å². The second kappa shape index (κ2) is 3.32. The first-order chi connectivity index (χ1) is 4.83. The van der Waals surface area contributed by atoms with Crippen LogP contribution in [0, 0.1) is 6.92 Å². The van der Waals surface area contributed by atoms with Gasteiger partial charge in [0.1, 0.15) is 0 Å². The third-order valence-electron chi connectivity index (χ3n) is 1.08. The molecule has 1 heterocycles. The van der Waals surface area contributed by atoms with Crippen LogP contribution in [0.4, 0.5) is 0 Å².